The van der Waals surface area contributed by atoms with Crippen LogP contribution in [0.5, 0.6) is 0 Å². The van der Waals surface area contributed by atoms with Gasteiger partial charge in [-0.1, -0.05) is 243 Å². The van der Waals surface area contributed by atoms with Gasteiger partial charge in [0.05, 0.1) is 17.0 Å². The van der Waals surface area contributed by atoms with Crippen LogP contribution in [-0.2, 0) is 37.9 Å². The van der Waals surface area contributed by atoms with Crippen molar-refractivity contribution >= 4 is 97.2 Å². The number of furan rings is 1. The first-order valence-corrected chi connectivity index (χ1v) is 35.3. The summed E-state index contributed by atoms with van der Waals surface area (Å²) in [4.78, 5) is 5.45. The Morgan fingerprint density at radius 2 is 0.787 bits per heavy atom. The first-order chi connectivity index (χ1) is 42.2. The first-order valence-electron chi connectivity index (χ1n) is 33.3. The maximum Gasteiger partial charge on any atom is 0.297 e. The Bertz CT molecular complexity index is 4370. The molecular weight excluding hydrogens is 1090 g/mol. The van der Waals surface area contributed by atoms with Crippen LogP contribution in [0.3, 0.4) is 0 Å². The number of hydrogen-bond donors (Lipinski definition) is 0. The average Bonchev–Trinajstić information content (AvgIpc) is 1.67. The summed E-state index contributed by atoms with van der Waals surface area (Å²) < 4.78 is 7.97. The summed E-state index contributed by atoms with van der Waals surface area (Å²) in [5, 5.41) is 6.65. The lowest BCUT2D eigenvalue weighted by Crippen LogP contribution is -2.74. The van der Waals surface area contributed by atoms with Gasteiger partial charge in [-0.2, -0.15) is 0 Å². The van der Waals surface area contributed by atoms with E-state index in [2.05, 4.69) is 308 Å². The van der Waals surface area contributed by atoms with Crippen molar-refractivity contribution in [1.29, 1.82) is 0 Å². The number of benzene rings is 9. The molecule has 3 heterocycles. The van der Waals surface area contributed by atoms with Crippen LogP contribution in [-0.4, -0.2) is 14.8 Å². The predicted octanol–water partition coefficient (Wildman–Crippen LogP) is 17.9. The van der Waals surface area contributed by atoms with Gasteiger partial charge in [0.25, 0.3) is 6.71 Å². The number of rotatable bonds is 7. The second-order valence-corrected chi connectivity index (χ2v) is 36.2. The van der Waals surface area contributed by atoms with E-state index >= 15 is 0 Å². The molecule has 0 spiro atoms. The van der Waals surface area contributed by atoms with Crippen molar-refractivity contribution in [2.45, 2.75) is 180 Å². The number of fused-ring (bicyclic) bond motifs is 9. The summed E-state index contributed by atoms with van der Waals surface area (Å²) >= 11 is 0. The minimum Gasteiger partial charge on any atom is -0.468 e. The minimum absolute atomic E-state index is 0.00322. The van der Waals surface area contributed by atoms with Gasteiger partial charge in [0.2, 0.25) is 0 Å². The quantitative estimate of drug-likeness (QED) is 0.117. The molecule has 3 nitrogen and oxygen atoms in total. The van der Waals surface area contributed by atoms with Crippen molar-refractivity contribution in [2.75, 3.05) is 9.80 Å². The van der Waals surface area contributed by atoms with E-state index in [0.717, 1.165) is 55.5 Å². The first kappa shape index (κ1) is 57.8. The van der Waals surface area contributed by atoms with Crippen LogP contribution in [0.1, 0.15) is 181 Å². The summed E-state index contributed by atoms with van der Waals surface area (Å²) in [6, 6.07) is 76.3. The monoisotopic (exact) mass is 1180 g/mol. The fraction of sp³-hybridized carbons (Fsp3) is 0.333. The fourth-order valence-electron chi connectivity index (χ4n) is 17.1. The van der Waals surface area contributed by atoms with Crippen molar-refractivity contribution in [3.8, 4) is 11.1 Å². The van der Waals surface area contributed by atoms with Crippen LogP contribution in [0.4, 0.5) is 34.1 Å². The Morgan fingerprint density at radius 1 is 0.393 bits per heavy atom. The van der Waals surface area contributed by atoms with Crippen LogP contribution in [0, 0.1) is 0 Å². The Kier molecular flexibility index (Phi) is 12.8. The van der Waals surface area contributed by atoms with Gasteiger partial charge in [0.15, 0.2) is 8.07 Å². The third-order valence-electron chi connectivity index (χ3n) is 22.9. The van der Waals surface area contributed by atoms with Gasteiger partial charge in [0, 0.05) is 33.7 Å². The van der Waals surface area contributed by atoms with E-state index in [0.29, 0.717) is 0 Å². The van der Waals surface area contributed by atoms with E-state index in [4.69, 9.17) is 4.42 Å². The molecule has 15 rings (SSSR count). The molecule has 0 fully saturated rings. The molecule has 1 aromatic heterocycles. The zero-order valence-electron chi connectivity index (χ0n) is 55.6. The third kappa shape index (κ3) is 8.77. The second kappa shape index (κ2) is 19.7. The molecule has 3 aliphatic carbocycles. The number of anilines is 6. The van der Waals surface area contributed by atoms with E-state index in [1.54, 1.807) is 0 Å². The van der Waals surface area contributed by atoms with Crippen molar-refractivity contribution in [1.82, 2.24) is 0 Å². The van der Waals surface area contributed by atoms with Gasteiger partial charge < -0.3 is 14.2 Å². The van der Waals surface area contributed by atoms with Gasteiger partial charge >= 0.3 is 0 Å². The minimum atomic E-state index is -2.87. The highest BCUT2D eigenvalue weighted by Gasteiger charge is 2.52. The van der Waals surface area contributed by atoms with Gasteiger partial charge in [0.1, 0.15) is 5.58 Å². The maximum atomic E-state index is 7.97. The van der Waals surface area contributed by atoms with Gasteiger partial charge in [-0.25, -0.2) is 0 Å². The van der Waals surface area contributed by atoms with E-state index in [-0.39, 0.29) is 44.6 Å². The molecule has 448 valence electrons. The van der Waals surface area contributed by atoms with E-state index in [1.165, 1.54) is 116 Å². The maximum absolute atomic E-state index is 7.97. The lowest BCUT2D eigenvalue weighted by Gasteiger charge is -2.48. The Balaban J connectivity index is 1.09. The van der Waals surface area contributed by atoms with Crippen molar-refractivity contribution in [3.05, 3.63) is 233 Å². The van der Waals surface area contributed by atoms with Gasteiger partial charge in [-0.05, 0) is 207 Å². The number of hydrogen-bond acceptors (Lipinski definition) is 3. The molecule has 9 aromatic carbocycles. The van der Waals surface area contributed by atoms with Crippen molar-refractivity contribution < 1.29 is 4.42 Å². The predicted molar refractivity (Wildman–Crippen MR) is 384 cm³/mol. The SMILES string of the molecule is CC(C)(C)c1cc2c3c(c1)N(c1ccc([Si](c4ccccc4)(c4ccccc4)c4ccccc4)cc1)c1c(oc4cc5c(cc14)C(C)(C)CCC5(C)C)B3c1cc3c(cc1N2c1cc2c(cc1-c1ccccc1)C(C)(C)CCC2(C)C)C(C)(C)CCC3(C)C. The molecule has 89 heavy (non-hydrogen) atoms. The Morgan fingerprint density at radius 3 is 1.26 bits per heavy atom. The molecule has 0 amide bonds. The summed E-state index contributed by atoms with van der Waals surface area (Å²) in [6.07, 6.45) is 6.80. The molecule has 0 unspecified atom stereocenters. The normalized spacial score (nSPS) is 18.7. The van der Waals surface area contributed by atoms with Crippen LogP contribution in [0.2, 0.25) is 0 Å². The average molecular weight is 1180 g/mol. The van der Waals surface area contributed by atoms with Crippen LogP contribution in [0.25, 0.3) is 22.1 Å². The second-order valence-electron chi connectivity index (χ2n) is 32.4. The van der Waals surface area contributed by atoms with E-state index < -0.39 is 8.07 Å². The van der Waals surface area contributed by atoms with Crippen LogP contribution < -0.4 is 47.1 Å². The highest BCUT2D eigenvalue weighted by atomic mass is 28.3. The molecule has 0 bridgehead atoms. The Labute approximate surface area is 532 Å². The molecule has 10 aromatic rings. The van der Waals surface area contributed by atoms with Crippen LogP contribution in [0.15, 0.2) is 199 Å². The van der Waals surface area contributed by atoms with Gasteiger partial charge in [-0.15, -0.1) is 0 Å². The highest BCUT2D eigenvalue weighted by Crippen LogP contribution is 2.57. The summed E-state index contributed by atoms with van der Waals surface area (Å²) in [5.41, 5.74) is 24.2. The Hall–Kier alpha value is -7.60. The smallest absolute Gasteiger partial charge is 0.297 e. The zero-order chi connectivity index (χ0) is 62.2. The third-order valence-corrected chi connectivity index (χ3v) is 27.7. The lowest BCUT2D eigenvalue weighted by molar-refractivity contribution is 0.332. The van der Waals surface area contributed by atoms with Gasteiger partial charge in [-0.3, -0.25) is 0 Å². The molecule has 0 N–H and O–H groups in total. The van der Waals surface area contributed by atoms with E-state index in [1.807, 2.05) is 0 Å². The molecule has 0 radical (unpaired) electrons. The lowest BCUT2D eigenvalue weighted by atomic mass is 9.35. The summed E-state index contributed by atoms with van der Waals surface area (Å²) in [7, 11) is -2.87. The molecule has 0 saturated heterocycles. The van der Waals surface area contributed by atoms with E-state index in [9.17, 15) is 0 Å². The summed E-state index contributed by atoms with van der Waals surface area (Å²) in [5.74, 6) is 0. The van der Waals surface area contributed by atoms with Crippen LogP contribution >= 0.6 is 0 Å². The molecule has 0 atom stereocenters. The molecule has 2 aliphatic heterocycles. The zero-order valence-corrected chi connectivity index (χ0v) is 56.6. The topological polar surface area (TPSA) is 19.6 Å². The number of nitrogens with zero attached hydrogens (tertiary/aromatic N) is 2. The van der Waals surface area contributed by atoms with Crippen molar-refractivity contribution in [3.63, 3.8) is 0 Å². The molecule has 5 heteroatoms. The van der Waals surface area contributed by atoms with Crippen molar-refractivity contribution in [2.24, 2.45) is 0 Å². The highest BCUT2D eigenvalue weighted by molar-refractivity contribution is 7.19. The summed E-state index contributed by atoms with van der Waals surface area (Å²) in [6.45, 7) is 36.8. The largest absolute Gasteiger partial charge is 0.468 e. The molecule has 0 saturated carbocycles. The standard InChI is InChI=1S/C84H89BN2OSi/c1-78(2,3)55-46-72-75-73(47-55)87(70-51-66-63(79(4,5)40-43-82(66,10)11)48-61(70)54-28-20-16-21-29-54)71-52-67-65(81(8,9)42-44-83(67,12)13)50-69(71)85(75)77-76(62-49-64-68(53-74(62)88-77)84(14,15)45-41-80(64,6)7)86(72)56-36-38-60(39-37-56)89(57-30-22-17-23-31-57,58-32-24-18-25-33-58)59-34-26-19-27-35-59/h16-39,46-53H,40-45H2,1-15H3. The molecule has 5 aliphatic rings. The fourth-order valence-corrected chi connectivity index (χ4v) is 21.9. The molecular formula is C84H89BN2OSi.